The second kappa shape index (κ2) is 6.81. The first-order chi connectivity index (χ1) is 11.7. The fourth-order valence-electron chi connectivity index (χ4n) is 2.83. The lowest BCUT2D eigenvalue weighted by atomic mass is 10.1. The molecule has 6 heteroatoms. The lowest BCUT2D eigenvalue weighted by Crippen LogP contribution is -2.00. The molecule has 0 saturated carbocycles. The van der Waals surface area contributed by atoms with Crippen molar-refractivity contribution in [3.05, 3.63) is 42.1 Å². The van der Waals surface area contributed by atoms with Gasteiger partial charge >= 0.3 is 0 Å². The maximum atomic E-state index is 9.69. The highest BCUT2D eigenvalue weighted by Gasteiger charge is 2.19. The molecule has 0 aliphatic heterocycles. The van der Waals surface area contributed by atoms with Crippen LogP contribution in [-0.4, -0.2) is 22.0 Å². The lowest BCUT2D eigenvalue weighted by molar-refractivity contribution is 0.343. The molecule has 0 saturated heterocycles. The van der Waals surface area contributed by atoms with E-state index in [-0.39, 0.29) is 0 Å². The van der Waals surface area contributed by atoms with E-state index < -0.39 is 0 Å². The van der Waals surface area contributed by atoms with Crippen molar-refractivity contribution in [2.45, 2.75) is 13.5 Å². The van der Waals surface area contributed by atoms with Crippen LogP contribution in [0.15, 0.2) is 36.5 Å². The number of aryl methyl sites for hydroxylation is 1. The predicted molar refractivity (Wildman–Crippen MR) is 96.2 cm³/mol. The molecule has 2 aromatic heterocycles. The summed E-state index contributed by atoms with van der Waals surface area (Å²) in [5.41, 5.74) is 9.38. The third-order valence-electron chi connectivity index (χ3n) is 3.84. The highest BCUT2D eigenvalue weighted by Crippen LogP contribution is 2.34. The molecule has 0 atom stereocenters. The second-order valence-corrected chi connectivity index (χ2v) is 5.65. The fourth-order valence-corrected chi connectivity index (χ4v) is 2.91. The molecule has 0 bridgehead atoms. The molecule has 3 aromatic rings. The number of rotatable bonds is 5. The smallest absolute Gasteiger partial charge is 0.121 e. The number of nitrogen functional groups attached to an aromatic ring is 1. The first-order valence-electron chi connectivity index (χ1n) is 7.66. The number of nitrogens with zero attached hydrogens (tertiary/aromatic N) is 3. The van der Waals surface area contributed by atoms with Crippen LogP contribution in [0.2, 0.25) is 0 Å². The molecule has 5 nitrogen and oxygen atoms in total. The number of hydrogen-bond acceptors (Lipinski definition) is 4. The minimum atomic E-state index is 0.427. The summed E-state index contributed by atoms with van der Waals surface area (Å²) in [5.74, 6) is 1.16. The molecule has 0 unspecified atom stereocenters. The van der Waals surface area contributed by atoms with Crippen molar-refractivity contribution in [3.8, 4) is 23.2 Å². The molecule has 1 aromatic carbocycles. The fraction of sp³-hybridized carbons (Fsp3) is 0.222. The predicted octanol–water partition coefficient (Wildman–Crippen LogP) is 3.79. The number of ether oxygens (including phenoxy) is 1. The molecular formula is C18H17ClN4O. The Morgan fingerprint density at radius 3 is 2.79 bits per heavy atom. The highest BCUT2D eigenvalue weighted by molar-refractivity contribution is 6.18. The van der Waals surface area contributed by atoms with E-state index in [1.165, 1.54) is 0 Å². The van der Waals surface area contributed by atoms with Gasteiger partial charge in [-0.25, -0.2) is 0 Å². The molecule has 122 valence electrons. The molecule has 3 rings (SSSR count). The average molecular weight is 341 g/mol. The Balaban J connectivity index is 2.24. The number of alkyl halides is 1. The number of nitrogens with two attached hydrogens (primary N) is 1. The number of pyridine rings is 1. The molecular weight excluding hydrogens is 324 g/mol. The maximum absolute atomic E-state index is 9.69. The summed E-state index contributed by atoms with van der Waals surface area (Å²) in [5, 5.41) is 10.6. The number of nitriles is 1. The quantitative estimate of drug-likeness (QED) is 0.717. The summed E-state index contributed by atoms with van der Waals surface area (Å²) < 4.78 is 7.68. The average Bonchev–Trinajstić information content (AvgIpc) is 2.93. The Kier molecular flexibility index (Phi) is 4.59. The number of anilines is 1. The van der Waals surface area contributed by atoms with E-state index in [9.17, 15) is 5.26 Å². The van der Waals surface area contributed by atoms with Gasteiger partial charge in [-0.15, -0.1) is 11.6 Å². The molecule has 0 amide bonds. The van der Waals surface area contributed by atoms with Gasteiger partial charge in [-0.05, 0) is 31.2 Å². The topological polar surface area (TPSA) is 76.9 Å². The van der Waals surface area contributed by atoms with E-state index in [0.29, 0.717) is 30.3 Å². The highest BCUT2D eigenvalue weighted by atomic mass is 35.5. The zero-order chi connectivity index (χ0) is 17.1. The van der Waals surface area contributed by atoms with Crippen LogP contribution in [0.4, 0.5) is 5.69 Å². The van der Waals surface area contributed by atoms with Gasteiger partial charge in [0.2, 0.25) is 0 Å². The Morgan fingerprint density at radius 1 is 1.33 bits per heavy atom. The number of benzene rings is 1. The summed E-state index contributed by atoms with van der Waals surface area (Å²) in [6, 6.07) is 11.6. The van der Waals surface area contributed by atoms with Crippen molar-refractivity contribution in [3.63, 3.8) is 0 Å². The van der Waals surface area contributed by atoms with Crippen LogP contribution in [0.3, 0.4) is 0 Å². The van der Waals surface area contributed by atoms with E-state index >= 15 is 0 Å². The van der Waals surface area contributed by atoms with E-state index in [4.69, 9.17) is 22.1 Å². The second-order valence-electron chi connectivity index (χ2n) is 5.27. The van der Waals surface area contributed by atoms with Crippen molar-refractivity contribution in [1.29, 1.82) is 5.26 Å². The summed E-state index contributed by atoms with van der Waals surface area (Å²) in [6.07, 6.45) is 1.60. The zero-order valence-corrected chi connectivity index (χ0v) is 14.0. The van der Waals surface area contributed by atoms with Crippen LogP contribution < -0.4 is 10.5 Å². The minimum absolute atomic E-state index is 0.427. The van der Waals surface area contributed by atoms with Gasteiger partial charge in [-0.3, -0.25) is 4.98 Å². The van der Waals surface area contributed by atoms with Crippen molar-refractivity contribution >= 4 is 28.2 Å². The van der Waals surface area contributed by atoms with Gasteiger partial charge in [0.1, 0.15) is 18.4 Å². The number of aromatic nitrogens is 2. The minimum Gasteiger partial charge on any atom is -0.492 e. The molecule has 2 N–H and O–H groups in total. The van der Waals surface area contributed by atoms with Crippen molar-refractivity contribution < 1.29 is 4.74 Å². The van der Waals surface area contributed by atoms with Crippen LogP contribution in [0, 0.1) is 11.3 Å². The van der Waals surface area contributed by atoms with Crippen LogP contribution in [0.5, 0.6) is 5.75 Å². The van der Waals surface area contributed by atoms with Gasteiger partial charge in [0.05, 0.1) is 40.2 Å². The SMILES string of the molecule is CCn1c(-c2ccc(N)cn2)c(C#N)c2ccc(OCCCl)cc21. The summed E-state index contributed by atoms with van der Waals surface area (Å²) in [6.45, 7) is 3.18. The Bertz CT molecular complexity index is 909. The Labute approximate surface area is 145 Å². The Morgan fingerprint density at radius 2 is 2.17 bits per heavy atom. The van der Waals surface area contributed by atoms with Gasteiger partial charge in [0, 0.05) is 18.0 Å². The third kappa shape index (κ3) is 2.77. The maximum Gasteiger partial charge on any atom is 0.121 e. The monoisotopic (exact) mass is 340 g/mol. The molecule has 2 heterocycles. The van der Waals surface area contributed by atoms with Gasteiger partial charge in [-0.2, -0.15) is 5.26 Å². The van der Waals surface area contributed by atoms with Crippen LogP contribution in [0.25, 0.3) is 22.3 Å². The van der Waals surface area contributed by atoms with Gasteiger partial charge in [-0.1, -0.05) is 0 Å². The largest absolute Gasteiger partial charge is 0.492 e. The third-order valence-corrected chi connectivity index (χ3v) is 3.99. The van der Waals surface area contributed by atoms with Crippen LogP contribution >= 0.6 is 11.6 Å². The molecule has 24 heavy (non-hydrogen) atoms. The molecule has 0 aliphatic carbocycles. The van der Waals surface area contributed by atoms with Crippen LogP contribution in [-0.2, 0) is 6.54 Å². The van der Waals surface area contributed by atoms with Crippen molar-refractivity contribution in [2.75, 3.05) is 18.2 Å². The first kappa shape index (κ1) is 16.2. The van der Waals surface area contributed by atoms with Gasteiger partial charge in [0.15, 0.2) is 0 Å². The molecule has 0 aliphatic rings. The molecule has 0 spiro atoms. The summed E-state index contributed by atoms with van der Waals surface area (Å²) in [4.78, 5) is 4.39. The first-order valence-corrected chi connectivity index (χ1v) is 8.20. The molecule has 0 fully saturated rings. The van der Waals surface area contributed by atoms with Gasteiger partial charge < -0.3 is 15.0 Å². The summed E-state index contributed by atoms with van der Waals surface area (Å²) >= 11 is 5.68. The van der Waals surface area contributed by atoms with Crippen molar-refractivity contribution in [1.82, 2.24) is 9.55 Å². The lowest BCUT2D eigenvalue weighted by Gasteiger charge is -2.09. The summed E-state index contributed by atoms with van der Waals surface area (Å²) in [7, 11) is 0. The van der Waals surface area contributed by atoms with E-state index in [1.807, 2.05) is 31.2 Å². The van der Waals surface area contributed by atoms with E-state index in [0.717, 1.165) is 28.0 Å². The van der Waals surface area contributed by atoms with Crippen LogP contribution in [0.1, 0.15) is 12.5 Å². The van der Waals surface area contributed by atoms with E-state index in [1.54, 1.807) is 12.3 Å². The Hall–Kier alpha value is -2.71. The number of fused-ring (bicyclic) bond motifs is 1. The normalized spacial score (nSPS) is 10.7. The van der Waals surface area contributed by atoms with Crippen molar-refractivity contribution in [2.24, 2.45) is 0 Å². The van der Waals surface area contributed by atoms with Gasteiger partial charge in [0.25, 0.3) is 0 Å². The molecule has 0 radical (unpaired) electrons. The zero-order valence-electron chi connectivity index (χ0n) is 13.3. The van der Waals surface area contributed by atoms with E-state index in [2.05, 4.69) is 15.6 Å². The number of hydrogen-bond donors (Lipinski definition) is 1. The number of halogens is 1. The standard InChI is InChI=1S/C18H17ClN4O/c1-2-23-17-9-13(24-8-7-19)4-5-14(17)15(10-20)18(23)16-6-3-12(21)11-22-16/h3-6,9,11H,2,7-8,21H2,1H3.